The van der Waals surface area contributed by atoms with Crippen molar-refractivity contribution in [2.75, 3.05) is 6.54 Å². The standard InChI is InChI=1S/C20H23N5O/c1-3-16(17-10-6-4-7-11-17)14-21-20(26)15(2)25-23-19(22-24-25)18-12-8-5-9-13-18/h4-13,15-16H,3,14H2,1-2H3,(H,21,26). The Morgan fingerprint density at radius 3 is 2.38 bits per heavy atom. The van der Waals surface area contributed by atoms with Crippen LogP contribution in [0.15, 0.2) is 60.7 Å². The molecule has 0 bridgehead atoms. The second-order valence-electron chi connectivity index (χ2n) is 6.24. The van der Waals surface area contributed by atoms with Crippen molar-refractivity contribution in [2.24, 2.45) is 0 Å². The van der Waals surface area contributed by atoms with E-state index in [1.807, 2.05) is 48.5 Å². The summed E-state index contributed by atoms with van der Waals surface area (Å²) in [4.78, 5) is 13.9. The lowest BCUT2D eigenvalue weighted by Crippen LogP contribution is -2.34. The van der Waals surface area contributed by atoms with Crippen LogP contribution in [0.25, 0.3) is 11.4 Å². The van der Waals surface area contributed by atoms with Crippen LogP contribution in [0.5, 0.6) is 0 Å². The van der Waals surface area contributed by atoms with E-state index in [1.165, 1.54) is 10.4 Å². The smallest absolute Gasteiger partial charge is 0.246 e. The molecule has 0 spiro atoms. The van der Waals surface area contributed by atoms with Crippen LogP contribution in [0.4, 0.5) is 0 Å². The quantitative estimate of drug-likeness (QED) is 0.711. The third-order valence-electron chi connectivity index (χ3n) is 4.47. The molecule has 1 heterocycles. The van der Waals surface area contributed by atoms with E-state index in [1.54, 1.807) is 6.92 Å². The van der Waals surface area contributed by atoms with E-state index >= 15 is 0 Å². The molecule has 1 N–H and O–H groups in total. The Kier molecular flexibility index (Phi) is 5.73. The van der Waals surface area contributed by atoms with Gasteiger partial charge in [-0.15, -0.1) is 10.2 Å². The summed E-state index contributed by atoms with van der Waals surface area (Å²) in [6, 6.07) is 19.3. The summed E-state index contributed by atoms with van der Waals surface area (Å²) in [5.41, 5.74) is 2.11. The minimum atomic E-state index is -0.520. The van der Waals surface area contributed by atoms with E-state index < -0.39 is 6.04 Å². The van der Waals surface area contributed by atoms with Gasteiger partial charge >= 0.3 is 0 Å². The van der Waals surface area contributed by atoms with Crippen LogP contribution in [0, 0.1) is 0 Å². The van der Waals surface area contributed by atoms with Crippen LogP contribution in [-0.2, 0) is 4.79 Å². The van der Waals surface area contributed by atoms with Crippen molar-refractivity contribution in [1.82, 2.24) is 25.5 Å². The zero-order valence-corrected chi connectivity index (χ0v) is 15.0. The summed E-state index contributed by atoms with van der Waals surface area (Å²) in [6.45, 7) is 4.48. The highest BCUT2D eigenvalue weighted by molar-refractivity contribution is 5.79. The molecule has 0 aliphatic carbocycles. The molecule has 1 amide bonds. The van der Waals surface area contributed by atoms with Gasteiger partial charge in [-0.1, -0.05) is 67.6 Å². The molecule has 2 aromatic carbocycles. The highest BCUT2D eigenvalue weighted by Gasteiger charge is 2.20. The molecule has 6 nitrogen and oxygen atoms in total. The predicted molar refractivity (Wildman–Crippen MR) is 100 cm³/mol. The molecule has 2 atom stereocenters. The summed E-state index contributed by atoms with van der Waals surface area (Å²) in [5.74, 6) is 0.688. The van der Waals surface area contributed by atoms with Gasteiger partial charge in [0, 0.05) is 18.0 Å². The predicted octanol–water partition coefficient (Wildman–Crippen LogP) is 3.21. The maximum atomic E-state index is 12.5. The maximum Gasteiger partial charge on any atom is 0.246 e. The van der Waals surface area contributed by atoms with Crippen molar-refractivity contribution in [1.29, 1.82) is 0 Å². The van der Waals surface area contributed by atoms with Gasteiger partial charge in [0.2, 0.25) is 11.7 Å². The van der Waals surface area contributed by atoms with Crippen molar-refractivity contribution in [3.05, 3.63) is 66.2 Å². The van der Waals surface area contributed by atoms with Gasteiger partial charge < -0.3 is 5.32 Å². The number of benzene rings is 2. The van der Waals surface area contributed by atoms with Crippen LogP contribution in [0.2, 0.25) is 0 Å². The Labute approximate surface area is 153 Å². The summed E-state index contributed by atoms with van der Waals surface area (Å²) in [5, 5.41) is 15.4. The number of rotatable bonds is 7. The molecule has 6 heteroatoms. The van der Waals surface area contributed by atoms with E-state index in [0.717, 1.165) is 12.0 Å². The molecule has 0 aliphatic rings. The molecule has 3 aromatic rings. The number of tetrazole rings is 1. The molecule has 0 radical (unpaired) electrons. The number of aromatic nitrogens is 4. The number of hydrogen-bond acceptors (Lipinski definition) is 4. The van der Waals surface area contributed by atoms with E-state index in [2.05, 4.69) is 39.8 Å². The van der Waals surface area contributed by atoms with Gasteiger partial charge in [0.1, 0.15) is 6.04 Å². The van der Waals surface area contributed by atoms with E-state index in [9.17, 15) is 4.79 Å². The Morgan fingerprint density at radius 2 is 1.73 bits per heavy atom. The topological polar surface area (TPSA) is 72.7 Å². The third kappa shape index (κ3) is 4.14. The van der Waals surface area contributed by atoms with Crippen LogP contribution in [0.1, 0.15) is 37.8 Å². The van der Waals surface area contributed by atoms with Gasteiger partial charge in [-0.05, 0) is 24.1 Å². The normalized spacial score (nSPS) is 13.2. The Morgan fingerprint density at radius 1 is 1.08 bits per heavy atom. The first kappa shape index (κ1) is 17.8. The summed E-state index contributed by atoms with van der Waals surface area (Å²) in [7, 11) is 0. The molecule has 0 saturated heterocycles. The molecule has 26 heavy (non-hydrogen) atoms. The van der Waals surface area contributed by atoms with Crippen molar-refractivity contribution in [3.8, 4) is 11.4 Å². The lowest BCUT2D eigenvalue weighted by Gasteiger charge is -2.17. The molecule has 2 unspecified atom stereocenters. The Bertz CT molecular complexity index is 832. The average molecular weight is 349 g/mol. The number of carbonyl (C=O) groups excluding carboxylic acids is 1. The molecular formula is C20H23N5O. The van der Waals surface area contributed by atoms with Crippen molar-refractivity contribution in [2.45, 2.75) is 32.2 Å². The number of hydrogen-bond donors (Lipinski definition) is 1. The summed E-state index contributed by atoms with van der Waals surface area (Å²) < 4.78 is 0. The minimum Gasteiger partial charge on any atom is -0.354 e. The molecule has 134 valence electrons. The molecule has 1 aromatic heterocycles. The number of amides is 1. The van der Waals surface area contributed by atoms with Crippen LogP contribution >= 0.6 is 0 Å². The second-order valence-corrected chi connectivity index (χ2v) is 6.24. The number of carbonyl (C=O) groups is 1. The van der Waals surface area contributed by atoms with Crippen molar-refractivity contribution >= 4 is 5.91 Å². The van der Waals surface area contributed by atoms with Crippen LogP contribution < -0.4 is 5.32 Å². The van der Waals surface area contributed by atoms with Gasteiger partial charge in [0.05, 0.1) is 0 Å². The largest absolute Gasteiger partial charge is 0.354 e. The van der Waals surface area contributed by atoms with Crippen molar-refractivity contribution < 1.29 is 4.79 Å². The van der Waals surface area contributed by atoms with E-state index in [-0.39, 0.29) is 11.8 Å². The fraction of sp³-hybridized carbons (Fsp3) is 0.300. The van der Waals surface area contributed by atoms with Gasteiger partial charge in [-0.3, -0.25) is 4.79 Å². The average Bonchev–Trinajstić information content (AvgIpc) is 3.19. The van der Waals surface area contributed by atoms with E-state index in [4.69, 9.17) is 0 Å². The number of nitrogens with one attached hydrogen (secondary N) is 1. The summed E-state index contributed by atoms with van der Waals surface area (Å²) >= 11 is 0. The van der Waals surface area contributed by atoms with Gasteiger partial charge in [0.15, 0.2) is 0 Å². The maximum absolute atomic E-state index is 12.5. The SMILES string of the molecule is CCC(CNC(=O)C(C)n1nnc(-c2ccccc2)n1)c1ccccc1. The highest BCUT2D eigenvalue weighted by atomic mass is 16.2. The van der Waals surface area contributed by atoms with Crippen LogP contribution in [0.3, 0.4) is 0 Å². The van der Waals surface area contributed by atoms with Gasteiger partial charge in [-0.25, -0.2) is 0 Å². The Balaban J connectivity index is 1.62. The van der Waals surface area contributed by atoms with Crippen molar-refractivity contribution in [3.63, 3.8) is 0 Å². The van der Waals surface area contributed by atoms with E-state index in [0.29, 0.717) is 12.4 Å². The van der Waals surface area contributed by atoms with Gasteiger partial charge in [-0.2, -0.15) is 4.80 Å². The zero-order chi connectivity index (χ0) is 18.4. The Hall–Kier alpha value is -3.02. The number of nitrogens with zero attached hydrogens (tertiary/aromatic N) is 4. The fourth-order valence-electron chi connectivity index (χ4n) is 2.79. The van der Waals surface area contributed by atoms with Gasteiger partial charge in [0.25, 0.3) is 0 Å². The first-order valence-corrected chi connectivity index (χ1v) is 8.86. The molecular weight excluding hydrogens is 326 g/mol. The second kappa shape index (κ2) is 8.38. The summed E-state index contributed by atoms with van der Waals surface area (Å²) in [6.07, 6.45) is 0.957. The lowest BCUT2D eigenvalue weighted by molar-refractivity contribution is -0.124. The molecule has 0 saturated carbocycles. The first-order chi connectivity index (χ1) is 12.7. The minimum absolute atomic E-state index is 0.114. The van der Waals surface area contributed by atoms with Crippen LogP contribution in [-0.4, -0.2) is 32.7 Å². The first-order valence-electron chi connectivity index (χ1n) is 8.86. The zero-order valence-electron chi connectivity index (χ0n) is 15.0. The molecule has 3 rings (SSSR count). The lowest BCUT2D eigenvalue weighted by atomic mass is 9.96. The molecule has 0 aliphatic heterocycles. The fourth-order valence-corrected chi connectivity index (χ4v) is 2.79. The monoisotopic (exact) mass is 349 g/mol. The third-order valence-corrected chi connectivity index (χ3v) is 4.47. The molecule has 0 fully saturated rings. The highest BCUT2D eigenvalue weighted by Crippen LogP contribution is 2.18.